The van der Waals surface area contributed by atoms with Crippen LogP contribution in [0.15, 0.2) is 53.5 Å². The lowest BCUT2D eigenvalue weighted by Crippen LogP contribution is -2.37. The van der Waals surface area contributed by atoms with Crippen molar-refractivity contribution in [1.82, 2.24) is 4.90 Å². The van der Waals surface area contributed by atoms with Crippen LogP contribution < -0.4 is 9.47 Å². The van der Waals surface area contributed by atoms with E-state index in [1.165, 1.54) is 0 Å². The van der Waals surface area contributed by atoms with Gasteiger partial charge in [-0.2, -0.15) is 0 Å². The predicted octanol–water partition coefficient (Wildman–Crippen LogP) is 4.68. The fourth-order valence-electron chi connectivity index (χ4n) is 3.06. The van der Waals surface area contributed by atoms with E-state index in [0.717, 1.165) is 33.7 Å². The summed E-state index contributed by atoms with van der Waals surface area (Å²) in [6, 6.07) is 15.7. The Labute approximate surface area is 170 Å². The predicted molar refractivity (Wildman–Crippen MR) is 115 cm³/mol. The van der Waals surface area contributed by atoms with Gasteiger partial charge in [0.05, 0.1) is 13.7 Å². The Morgan fingerprint density at radius 1 is 1.21 bits per heavy atom. The molecule has 148 valence electrons. The maximum absolute atomic E-state index is 12.9. The van der Waals surface area contributed by atoms with Crippen molar-refractivity contribution in [1.29, 1.82) is 0 Å². The third-order valence-corrected chi connectivity index (χ3v) is 5.73. The van der Waals surface area contributed by atoms with Gasteiger partial charge < -0.3 is 9.47 Å². The van der Waals surface area contributed by atoms with Crippen molar-refractivity contribution in [3.05, 3.63) is 54.1 Å². The average Bonchev–Trinajstić information content (AvgIpc) is 3.08. The number of amides is 1. The molecule has 1 atom stereocenters. The van der Waals surface area contributed by atoms with Crippen LogP contribution in [0.4, 0.5) is 5.69 Å². The van der Waals surface area contributed by atoms with E-state index in [9.17, 15) is 4.79 Å². The van der Waals surface area contributed by atoms with E-state index in [0.29, 0.717) is 19.4 Å². The highest BCUT2D eigenvalue weighted by atomic mass is 32.2. The molecule has 1 saturated heterocycles. The number of methoxy groups -OCH3 is 1. The largest absolute Gasteiger partial charge is 0.497 e. The van der Waals surface area contributed by atoms with E-state index in [4.69, 9.17) is 14.5 Å². The van der Waals surface area contributed by atoms with Crippen LogP contribution in [0, 0.1) is 0 Å². The second-order valence-electron chi connectivity index (χ2n) is 6.57. The molecule has 0 saturated carbocycles. The van der Waals surface area contributed by atoms with E-state index in [-0.39, 0.29) is 11.9 Å². The number of aliphatic imine (C=N–C) groups is 1. The number of carbonyl (C=O) groups is 1. The van der Waals surface area contributed by atoms with Gasteiger partial charge in [0.15, 0.2) is 5.17 Å². The normalized spacial score (nSPS) is 17.8. The van der Waals surface area contributed by atoms with Crippen molar-refractivity contribution < 1.29 is 14.3 Å². The van der Waals surface area contributed by atoms with Gasteiger partial charge in [0.2, 0.25) is 5.91 Å². The minimum Gasteiger partial charge on any atom is -0.497 e. The van der Waals surface area contributed by atoms with E-state index in [2.05, 4.69) is 6.92 Å². The molecule has 2 aromatic rings. The second kappa shape index (κ2) is 9.64. The third-order valence-electron chi connectivity index (χ3n) is 4.54. The Morgan fingerprint density at radius 2 is 1.96 bits per heavy atom. The molecule has 0 radical (unpaired) electrons. The zero-order valence-corrected chi connectivity index (χ0v) is 17.4. The van der Waals surface area contributed by atoms with E-state index < -0.39 is 0 Å². The quantitative estimate of drug-likeness (QED) is 0.680. The maximum Gasteiger partial charge on any atom is 0.229 e. The average molecular weight is 399 g/mol. The molecular formula is C22H26N2O3S. The number of benzene rings is 2. The minimum absolute atomic E-state index is 0.0981. The van der Waals surface area contributed by atoms with Gasteiger partial charge in [0, 0.05) is 18.2 Å². The van der Waals surface area contributed by atoms with E-state index in [1.54, 1.807) is 18.9 Å². The topological polar surface area (TPSA) is 51.1 Å². The summed E-state index contributed by atoms with van der Waals surface area (Å²) in [7, 11) is 1.65. The number of hydrogen-bond acceptors (Lipinski definition) is 5. The zero-order valence-electron chi connectivity index (χ0n) is 16.6. The summed E-state index contributed by atoms with van der Waals surface area (Å²) < 4.78 is 10.8. The molecule has 0 N–H and O–H groups in total. The lowest BCUT2D eigenvalue weighted by atomic mass is 10.1. The Kier molecular flexibility index (Phi) is 6.98. The summed E-state index contributed by atoms with van der Waals surface area (Å²) in [5.74, 6) is 2.51. The van der Waals surface area contributed by atoms with Gasteiger partial charge in [-0.15, -0.1) is 0 Å². The van der Waals surface area contributed by atoms with Crippen LogP contribution in [-0.4, -0.2) is 41.5 Å². The van der Waals surface area contributed by atoms with Crippen molar-refractivity contribution in [3.8, 4) is 11.5 Å². The molecule has 1 unspecified atom stereocenters. The van der Waals surface area contributed by atoms with Crippen LogP contribution in [0.1, 0.15) is 25.8 Å². The number of nitrogens with zero attached hydrogens (tertiary/aromatic N) is 2. The fourth-order valence-corrected chi connectivity index (χ4v) is 4.18. The van der Waals surface area contributed by atoms with Crippen molar-refractivity contribution in [2.24, 2.45) is 4.99 Å². The van der Waals surface area contributed by atoms with Gasteiger partial charge in [-0.25, -0.2) is 4.99 Å². The first kappa shape index (κ1) is 20.3. The van der Waals surface area contributed by atoms with Crippen molar-refractivity contribution in [2.75, 3.05) is 19.5 Å². The first-order valence-electron chi connectivity index (χ1n) is 9.50. The molecule has 3 rings (SSSR count). The third kappa shape index (κ3) is 4.87. The van der Waals surface area contributed by atoms with Gasteiger partial charge in [-0.05, 0) is 50.1 Å². The molecule has 1 aliphatic rings. The Bertz CT molecular complexity index is 836. The van der Waals surface area contributed by atoms with Gasteiger partial charge in [-0.1, -0.05) is 36.0 Å². The van der Waals surface area contributed by atoms with Crippen molar-refractivity contribution in [2.45, 2.75) is 32.7 Å². The zero-order chi connectivity index (χ0) is 19.9. The monoisotopic (exact) mass is 398 g/mol. The maximum atomic E-state index is 12.9. The summed E-state index contributed by atoms with van der Waals surface area (Å²) in [6.45, 7) is 4.59. The number of thioether (sulfide) groups is 1. The van der Waals surface area contributed by atoms with Crippen LogP contribution >= 0.6 is 11.8 Å². The standard InChI is InChI=1S/C22H26N2O3S/c1-4-27-20-8-6-5-7-19(20)23-22-24(16(2)15-28-22)21(25)14-11-17-9-12-18(26-3)13-10-17/h5-10,12-13,16H,4,11,14-15H2,1-3H3. The molecule has 0 spiro atoms. The number of hydrogen-bond donors (Lipinski definition) is 0. The van der Waals surface area contributed by atoms with Crippen LogP contribution in [0.5, 0.6) is 11.5 Å². The summed E-state index contributed by atoms with van der Waals surface area (Å²) in [5, 5.41) is 0.749. The molecule has 1 amide bonds. The number of aryl methyl sites for hydroxylation is 1. The number of ether oxygens (including phenoxy) is 2. The lowest BCUT2D eigenvalue weighted by molar-refractivity contribution is -0.128. The Morgan fingerprint density at radius 3 is 2.68 bits per heavy atom. The smallest absolute Gasteiger partial charge is 0.229 e. The summed E-state index contributed by atoms with van der Waals surface area (Å²) in [5.41, 5.74) is 1.88. The molecule has 5 nitrogen and oxygen atoms in total. The molecule has 2 aromatic carbocycles. The highest BCUT2D eigenvalue weighted by molar-refractivity contribution is 8.14. The number of amidine groups is 1. The van der Waals surface area contributed by atoms with Crippen LogP contribution in [0.3, 0.4) is 0 Å². The molecule has 0 aromatic heterocycles. The number of carbonyl (C=O) groups excluding carboxylic acids is 1. The fraction of sp³-hybridized carbons (Fsp3) is 0.364. The molecule has 0 bridgehead atoms. The second-order valence-corrected chi connectivity index (χ2v) is 7.55. The van der Waals surface area contributed by atoms with Crippen LogP contribution in [-0.2, 0) is 11.2 Å². The first-order chi connectivity index (χ1) is 13.6. The first-order valence-corrected chi connectivity index (χ1v) is 10.5. The van der Waals surface area contributed by atoms with Crippen LogP contribution in [0.25, 0.3) is 0 Å². The Balaban J connectivity index is 1.72. The van der Waals surface area contributed by atoms with Gasteiger partial charge in [0.25, 0.3) is 0 Å². The molecule has 1 fully saturated rings. The summed E-state index contributed by atoms with van der Waals surface area (Å²) >= 11 is 1.62. The molecule has 0 aliphatic carbocycles. The number of rotatable bonds is 7. The SMILES string of the molecule is CCOc1ccccc1N=C1SCC(C)N1C(=O)CCc1ccc(OC)cc1. The van der Waals surface area contributed by atoms with Gasteiger partial charge in [-0.3, -0.25) is 9.69 Å². The minimum atomic E-state index is 0.0981. The highest BCUT2D eigenvalue weighted by Crippen LogP contribution is 2.32. The van der Waals surface area contributed by atoms with Crippen molar-refractivity contribution >= 4 is 28.5 Å². The highest BCUT2D eigenvalue weighted by Gasteiger charge is 2.32. The van der Waals surface area contributed by atoms with Crippen LogP contribution in [0.2, 0.25) is 0 Å². The summed E-state index contributed by atoms with van der Waals surface area (Å²) in [4.78, 5) is 19.5. The lowest BCUT2D eigenvalue weighted by Gasteiger charge is -2.21. The van der Waals surface area contributed by atoms with E-state index in [1.807, 2.05) is 60.4 Å². The molecular weight excluding hydrogens is 372 g/mol. The van der Waals surface area contributed by atoms with E-state index >= 15 is 0 Å². The molecule has 1 heterocycles. The number of para-hydroxylation sites is 2. The van der Waals surface area contributed by atoms with Crippen molar-refractivity contribution in [3.63, 3.8) is 0 Å². The molecule has 6 heteroatoms. The van der Waals surface area contributed by atoms with Gasteiger partial charge >= 0.3 is 0 Å². The summed E-state index contributed by atoms with van der Waals surface area (Å²) in [6.07, 6.45) is 1.14. The molecule has 1 aliphatic heterocycles. The molecule has 28 heavy (non-hydrogen) atoms. The van der Waals surface area contributed by atoms with Gasteiger partial charge in [0.1, 0.15) is 17.2 Å². The Hall–Kier alpha value is -2.47.